The number of alkyl halides is 2. The van der Waals surface area contributed by atoms with Crippen LogP contribution in [0.25, 0.3) is 0 Å². The number of hydrogen-bond donors (Lipinski definition) is 0. The predicted octanol–water partition coefficient (Wildman–Crippen LogP) is 2.09. The summed E-state index contributed by atoms with van der Waals surface area (Å²) in [6.45, 7) is 0. The van der Waals surface area contributed by atoms with Gasteiger partial charge in [0.2, 0.25) is 0 Å². The average Bonchev–Trinajstić information content (AvgIpc) is 2.35. The first-order chi connectivity index (χ1) is 8.06. The molecule has 1 aromatic carbocycles. The van der Waals surface area contributed by atoms with Gasteiger partial charge in [0.25, 0.3) is 6.43 Å². The summed E-state index contributed by atoms with van der Waals surface area (Å²) in [6.07, 6.45) is -2.84. The Labute approximate surface area is 95.4 Å². The fourth-order valence-corrected chi connectivity index (χ4v) is 1.39. The SMILES string of the molecule is COC(=O)c1c(C#N)ccc(C=O)c1C(F)F. The first kappa shape index (κ1) is 12.8. The lowest BCUT2D eigenvalue weighted by Gasteiger charge is -2.10. The van der Waals surface area contributed by atoms with Crippen molar-refractivity contribution < 1.29 is 23.1 Å². The molecule has 4 nitrogen and oxygen atoms in total. The minimum Gasteiger partial charge on any atom is -0.465 e. The van der Waals surface area contributed by atoms with Gasteiger partial charge in [-0.05, 0) is 12.1 Å². The Morgan fingerprint density at radius 2 is 2.18 bits per heavy atom. The van der Waals surface area contributed by atoms with Gasteiger partial charge in [0.1, 0.15) is 6.07 Å². The van der Waals surface area contributed by atoms with Crippen LogP contribution in [0.15, 0.2) is 12.1 Å². The molecular formula is C11H7F2NO3. The highest BCUT2D eigenvalue weighted by Crippen LogP contribution is 2.29. The van der Waals surface area contributed by atoms with Crippen LogP contribution in [0.4, 0.5) is 8.78 Å². The second kappa shape index (κ2) is 5.16. The van der Waals surface area contributed by atoms with Gasteiger partial charge in [-0.1, -0.05) is 0 Å². The number of hydrogen-bond acceptors (Lipinski definition) is 4. The summed E-state index contributed by atoms with van der Waals surface area (Å²) in [7, 11) is 1.01. The summed E-state index contributed by atoms with van der Waals surface area (Å²) in [6, 6.07) is 3.80. The number of methoxy groups -OCH3 is 1. The number of nitriles is 1. The number of esters is 1. The quantitative estimate of drug-likeness (QED) is 0.598. The van der Waals surface area contributed by atoms with Crippen LogP contribution >= 0.6 is 0 Å². The summed E-state index contributed by atoms with van der Waals surface area (Å²) in [5.41, 5.74) is -1.92. The maximum Gasteiger partial charge on any atom is 0.339 e. The number of nitrogens with zero attached hydrogens (tertiary/aromatic N) is 1. The van der Waals surface area contributed by atoms with Crippen LogP contribution in [0.3, 0.4) is 0 Å². The van der Waals surface area contributed by atoms with E-state index < -0.39 is 23.5 Å². The Bertz CT molecular complexity index is 506. The molecule has 0 saturated carbocycles. The summed E-state index contributed by atoms with van der Waals surface area (Å²) < 4.78 is 30.0. The van der Waals surface area contributed by atoms with Gasteiger partial charge in [-0.25, -0.2) is 13.6 Å². The van der Waals surface area contributed by atoms with E-state index in [1.54, 1.807) is 6.07 Å². The van der Waals surface area contributed by atoms with E-state index in [1.807, 2.05) is 0 Å². The zero-order chi connectivity index (χ0) is 13.0. The number of carbonyl (C=O) groups excluding carboxylic acids is 2. The van der Waals surface area contributed by atoms with Gasteiger partial charge in [-0.3, -0.25) is 4.79 Å². The first-order valence-corrected chi connectivity index (χ1v) is 4.45. The van der Waals surface area contributed by atoms with Crippen LogP contribution in [0.5, 0.6) is 0 Å². The topological polar surface area (TPSA) is 67.2 Å². The third-order valence-corrected chi connectivity index (χ3v) is 2.13. The summed E-state index contributed by atoms with van der Waals surface area (Å²) in [4.78, 5) is 22.0. The molecule has 0 N–H and O–H groups in total. The van der Waals surface area contributed by atoms with Crippen molar-refractivity contribution in [3.8, 4) is 6.07 Å². The molecule has 0 aliphatic carbocycles. The number of rotatable bonds is 3. The summed E-state index contributed by atoms with van der Waals surface area (Å²) >= 11 is 0. The molecular weight excluding hydrogens is 232 g/mol. The molecule has 0 saturated heterocycles. The molecule has 17 heavy (non-hydrogen) atoms. The average molecular weight is 239 g/mol. The second-order valence-corrected chi connectivity index (χ2v) is 3.01. The van der Waals surface area contributed by atoms with E-state index in [9.17, 15) is 18.4 Å². The van der Waals surface area contributed by atoms with Gasteiger partial charge in [0, 0.05) is 11.1 Å². The van der Waals surface area contributed by atoms with Crippen LogP contribution < -0.4 is 0 Å². The van der Waals surface area contributed by atoms with Crippen LogP contribution in [0.1, 0.15) is 38.3 Å². The van der Waals surface area contributed by atoms with Crippen molar-refractivity contribution in [2.75, 3.05) is 7.11 Å². The van der Waals surface area contributed by atoms with Crippen molar-refractivity contribution in [3.63, 3.8) is 0 Å². The Morgan fingerprint density at radius 1 is 1.53 bits per heavy atom. The van der Waals surface area contributed by atoms with Crippen molar-refractivity contribution in [1.29, 1.82) is 5.26 Å². The molecule has 6 heteroatoms. The van der Waals surface area contributed by atoms with Gasteiger partial charge in [-0.2, -0.15) is 5.26 Å². The van der Waals surface area contributed by atoms with Gasteiger partial charge in [-0.15, -0.1) is 0 Å². The molecule has 0 bridgehead atoms. The molecule has 0 amide bonds. The second-order valence-electron chi connectivity index (χ2n) is 3.01. The smallest absolute Gasteiger partial charge is 0.339 e. The molecule has 1 rings (SSSR count). The lowest BCUT2D eigenvalue weighted by molar-refractivity contribution is 0.0588. The fourth-order valence-electron chi connectivity index (χ4n) is 1.39. The van der Waals surface area contributed by atoms with Gasteiger partial charge >= 0.3 is 5.97 Å². The zero-order valence-electron chi connectivity index (χ0n) is 8.74. The Hall–Kier alpha value is -2.29. The lowest BCUT2D eigenvalue weighted by atomic mass is 9.97. The molecule has 0 atom stereocenters. The monoisotopic (exact) mass is 239 g/mol. The molecule has 0 aromatic heterocycles. The van der Waals surface area contributed by atoms with Crippen LogP contribution in [0, 0.1) is 11.3 Å². The number of ether oxygens (including phenoxy) is 1. The standard InChI is InChI=1S/C11H7F2NO3/c1-17-11(16)9-6(4-14)2-3-7(5-15)8(9)10(12)13/h2-3,5,10H,1H3. The molecule has 0 heterocycles. The molecule has 0 aliphatic rings. The van der Waals surface area contributed by atoms with Crippen molar-refractivity contribution >= 4 is 12.3 Å². The summed E-state index contributed by atoms with van der Waals surface area (Å²) in [5, 5.41) is 8.74. The van der Waals surface area contributed by atoms with Crippen LogP contribution in [-0.4, -0.2) is 19.4 Å². The van der Waals surface area contributed by atoms with Crippen molar-refractivity contribution in [1.82, 2.24) is 0 Å². The molecule has 0 radical (unpaired) electrons. The third kappa shape index (κ3) is 2.28. The van der Waals surface area contributed by atoms with Crippen LogP contribution in [-0.2, 0) is 4.74 Å². The van der Waals surface area contributed by atoms with E-state index in [4.69, 9.17) is 5.26 Å². The van der Waals surface area contributed by atoms with Crippen molar-refractivity contribution in [2.24, 2.45) is 0 Å². The molecule has 88 valence electrons. The largest absolute Gasteiger partial charge is 0.465 e. The third-order valence-electron chi connectivity index (χ3n) is 2.13. The minimum atomic E-state index is -3.04. The van der Waals surface area contributed by atoms with E-state index in [1.165, 1.54) is 0 Å². The maximum atomic E-state index is 12.8. The highest BCUT2D eigenvalue weighted by molar-refractivity contribution is 5.96. The van der Waals surface area contributed by atoms with Gasteiger partial charge in [0.15, 0.2) is 6.29 Å². The lowest BCUT2D eigenvalue weighted by Crippen LogP contribution is -2.11. The normalized spacial score (nSPS) is 9.82. The number of aldehydes is 1. The zero-order valence-corrected chi connectivity index (χ0v) is 8.74. The fraction of sp³-hybridized carbons (Fsp3) is 0.182. The maximum absolute atomic E-state index is 12.8. The minimum absolute atomic E-state index is 0.203. The van der Waals surface area contributed by atoms with E-state index in [2.05, 4.69) is 4.74 Å². The number of benzene rings is 1. The molecule has 0 aliphatic heterocycles. The number of carbonyl (C=O) groups is 2. The highest BCUT2D eigenvalue weighted by atomic mass is 19.3. The number of halogens is 2. The van der Waals surface area contributed by atoms with Crippen molar-refractivity contribution in [3.05, 3.63) is 34.4 Å². The Morgan fingerprint density at radius 3 is 2.59 bits per heavy atom. The van der Waals surface area contributed by atoms with Gasteiger partial charge < -0.3 is 4.74 Å². The van der Waals surface area contributed by atoms with E-state index in [0.717, 1.165) is 19.2 Å². The summed E-state index contributed by atoms with van der Waals surface area (Å²) in [5.74, 6) is -1.07. The molecule has 0 spiro atoms. The van der Waals surface area contributed by atoms with Gasteiger partial charge in [0.05, 0.1) is 18.2 Å². The molecule has 0 fully saturated rings. The van der Waals surface area contributed by atoms with E-state index in [-0.39, 0.29) is 17.4 Å². The van der Waals surface area contributed by atoms with E-state index in [0.29, 0.717) is 0 Å². The molecule has 1 aromatic rings. The predicted molar refractivity (Wildman–Crippen MR) is 52.8 cm³/mol. The van der Waals surface area contributed by atoms with Crippen LogP contribution in [0.2, 0.25) is 0 Å². The molecule has 0 unspecified atom stereocenters. The first-order valence-electron chi connectivity index (χ1n) is 4.45. The Kier molecular flexibility index (Phi) is 3.88. The van der Waals surface area contributed by atoms with Crippen molar-refractivity contribution in [2.45, 2.75) is 6.43 Å². The van der Waals surface area contributed by atoms with E-state index >= 15 is 0 Å². The Balaban J connectivity index is 3.65. The highest BCUT2D eigenvalue weighted by Gasteiger charge is 2.26.